The summed E-state index contributed by atoms with van der Waals surface area (Å²) in [5, 5.41) is 5.48. The van der Waals surface area contributed by atoms with Crippen LogP contribution in [-0.4, -0.2) is 14.8 Å². The lowest BCUT2D eigenvalue weighted by molar-refractivity contribution is 0.690. The molecule has 0 saturated carbocycles. The number of aromatic nitrogens is 3. The fourth-order valence-electron chi connectivity index (χ4n) is 1.86. The van der Waals surface area contributed by atoms with Gasteiger partial charge in [-0.05, 0) is 23.8 Å². The summed E-state index contributed by atoms with van der Waals surface area (Å²) in [7, 11) is 0. The van der Waals surface area contributed by atoms with Gasteiger partial charge < -0.3 is 4.98 Å². The lowest BCUT2D eigenvalue weighted by Gasteiger charge is -2.03. The summed E-state index contributed by atoms with van der Waals surface area (Å²) < 4.78 is 1.93. The molecule has 2 heterocycles. The average Bonchev–Trinajstić information content (AvgIpc) is 2.87. The largest absolute Gasteiger partial charge is 0.361 e. The lowest BCUT2D eigenvalue weighted by atomic mass is 10.1. The first-order valence-corrected chi connectivity index (χ1v) is 4.96. The molecular weight excluding hydrogens is 186 g/mol. The summed E-state index contributed by atoms with van der Waals surface area (Å²) in [6.45, 7) is 0.822. The summed E-state index contributed by atoms with van der Waals surface area (Å²) in [6.07, 6.45) is 5.75. The van der Waals surface area contributed by atoms with Crippen LogP contribution in [0.4, 0.5) is 0 Å². The Labute approximate surface area is 87.4 Å². The van der Waals surface area contributed by atoms with Crippen molar-refractivity contribution in [3.8, 4) is 0 Å². The highest BCUT2D eigenvalue weighted by Crippen LogP contribution is 2.17. The van der Waals surface area contributed by atoms with E-state index in [2.05, 4.69) is 34.3 Å². The lowest BCUT2D eigenvalue weighted by Crippen LogP contribution is -1.99. The van der Waals surface area contributed by atoms with Gasteiger partial charge in [-0.15, -0.1) is 0 Å². The van der Waals surface area contributed by atoms with Crippen molar-refractivity contribution in [2.24, 2.45) is 0 Å². The summed E-state index contributed by atoms with van der Waals surface area (Å²) in [5.41, 5.74) is 2.47. The van der Waals surface area contributed by atoms with Gasteiger partial charge in [0.25, 0.3) is 0 Å². The van der Waals surface area contributed by atoms with Gasteiger partial charge in [-0.3, -0.25) is 4.68 Å². The highest BCUT2D eigenvalue weighted by molar-refractivity contribution is 5.82. The molecule has 2 aromatic heterocycles. The molecular formula is C12H11N3. The quantitative estimate of drug-likeness (QED) is 0.672. The molecule has 1 N–H and O–H groups in total. The minimum Gasteiger partial charge on any atom is -0.361 e. The first kappa shape index (κ1) is 8.29. The molecule has 3 rings (SSSR count). The van der Waals surface area contributed by atoms with Crippen LogP contribution in [0.25, 0.3) is 10.9 Å². The van der Waals surface area contributed by atoms with Crippen LogP contribution in [0.5, 0.6) is 0 Å². The summed E-state index contributed by atoms with van der Waals surface area (Å²) in [5.74, 6) is 0. The monoisotopic (exact) mass is 197 g/mol. The Bertz CT molecular complexity index is 563. The van der Waals surface area contributed by atoms with E-state index in [0.29, 0.717) is 0 Å². The Hall–Kier alpha value is -2.03. The number of fused-ring (bicyclic) bond motifs is 1. The van der Waals surface area contributed by atoms with E-state index in [0.717, 1.165) is 6.54 Å². The molecule has 0 bridgehead atoms. The third-order valence-corrected chi connectivity index (χ3v) is 2.58. The molecule has 3 heteroatoms. The molecule has 0 unspecified atom stereocenters. The number of benzene rings is 1. The smallest absolute Gasteiger partial charge is 0.0665 e. The number of hydrogen-bond donors (Lipinski definition) is 1. The zero-order chi connectivity index (χ0) is 10.1. The highest BCUT2D eigenvalue weighted by Gasteiger charge is 2.01. The van der Waals surface area contributed by atoms with Crippen molar-refractivity contribution >= 4 is 10.9 Å². The summed E-state index contributed by atoms with van der Waals surface area (Å²) >= 11 is 0. The van der Waals surface area contributed by atoms with Crippen LogP contribution >= 0.6 is 0 Å². The van der Waals surface area contributed by atoms with Gasteiger partial charge in [-0.1, -0.05) is 12.1 Å². The van der Waals surface area contributed by atoms with E-state index in [-0.39, 0.29) is 0 Å². The number of hydrogen-bond acceptors (Lipinski definition) is 1. The Balaban J connectivity index is 2.07. The first-order chi connectivity index (χ1) is 7.43. The minimum absolute atomic E-state index is 0.822. The summed E-state index contributed by atoms with van der Waals surface area (Å²) in [4.78, 5) is 3.21. The number of nitrogens with one attached hydrogen (secondary N) is 1. The molecule has 0 fully saturated rings. The van der Waals surface area contributed by atoms with Crippen molar-refractivity contribution in [3.63, 3.8) is 0 Å². The second kappa shape index (κ2) is 3.28. The molecule has 0 amide bonds. The van der Waals surface area contributed by atoms with Crippen molar-refractivity contribution in [2.45, 2.75) is 6.54 Å². The Kier molecular flexibility index (Phi) is 1.81. The average molecular weight is 197 g/mol. The Morgan fingerprint density at radius 2 is 2.20 bits per heavy atom. The summed E-state index contributed by atoms with van der Waals surface area (Å²) in [6, 6.07) is 10.3. The molecule has 0 aliphatic rings. The van der Waals surface area contributed by atoms with Gasteiger partial charge in [0.15, 0.2) is 0 Å². The molecule has 15 heavy (non-hydrogen) atoms. The normalized spacial score (nSPS) is 10.9. The maximum absolute atomic E-state index is 4.21. The first-order valence-electron chi connectivity index (χ1n) is 4.96. The van der Waals surface area contributed by atoms with Crippen LogP contribution in [0.1, 0.15) is 5.56 Å². The zero-order valence-corrected chi connectivity index (χ0v) is 8.22. The molecule has 0 atom stereocenters. The molecule has 0 radical (unpaired) electrons. The standard InChI is InChI=1S/C12H11N3/c1-3-10(9-15-8-2-6-14-15)11-5-7-13-12(11)4-1/h1-8,13H,9H2. The van der Waals surface area contributed by atoms with E-state index in [9.17, 15) is 0 Å². The predicted octanol–water partition coefficient (Wildman–Crippen LogP) is 2.41. The maximum atomic E-state index is 4.21. The van der Waals surface area contributed by atoms with Crippen LogP contribution in [0.3, 0.4) is 0 Å². The SMILES string of the molecule is c1cc(Cn2cccn2)c2cc[nH]c2c1. The minimum atomic E-state index is 0.822. The Morgan fingerprint density at radius 3 is 3.07 bits per heavy atom. The van der Waals surface area contributed by atoms with Gasteiger partial charge in [0, 0.05) is 29.5 Å². The topological polar surface area (TPSA) is 33.6 Å². The third-order valence-electron chi connectivity index (χ3n) is 2.58. The van der Waals surface area contributed by atoms with Crippen molar-refractivity contribution in [1.82, 2.24) is 14.8 Å². The van der Waals surface area contributed by atoms with Crippen LogP contribution in [0.2, 0.25) is 0 Å². The fourth-order valence-corrected chi connectivity index (χ4v) is 1.86. The second-order valence-electron chi connectivity index (χ2n) is 3.56. The van der Waals surface area contributed by atoms with Gasteiger partial charge in [0.05, 0.1) is 6.54 Å². The van der Waals surface area contributed by atoms with Gasteiger partial charge in [-0.2, -0.15) is 5.10 Å². The molecule has 0 aliphatic carbocycles. The molecule has 0 saturated heterocycles. The molecule has 3 aromatic rings. The van der Waals surface area contributed by atoms with Crippen molar-refractivity contribution < 1.29 is 0 Å². The van der Waals surface area contributed by atoms with Gasteiger partial charge in [-0.25, -0.2) is 0 Å². The van der Waals surface area contributed by atoms with Crippen LogP contribution in [-0.2, 0) is 6.54 Å². The van der Waals surface area contributed by atoms with E-state index in [1.54, 1.807) is 6.20 Å². The van der Waals surface area contributed by atoms with E-state index in [1.165, 1.54) is 16.5 Å². The predicted molar refractivity (Wildman–Crippen MR) is 59.6 cm³/mol. The van der Waals surface area contributed by atoms with E-state index < -0.39 is 0 Å². The fraction of sp³-hybridized carbons (Fsp3) is 0.0833. The van der Waals surface area contributed by atoms with Crippen molar-refractivity contribution in [3.05, 3.63) is 54.5 Å². The van der Waals surface area contributed by atoms with Crippen molar-refractivity contribution in [1.29, 1.82) is 0 Å². The number of H-pyrrole nitrogens is 1. The number of aromatic amines is 1. The molecule has 0 aliphatic heterocycles. The van der Waals surface area contributed by atoms with E-state index in [1.807, 2.05) is 23.1 Å². The third kappa shape index (κ3) is 1.42. The maximum Gasteiger partial charge on any atom is 0.0665 e. The molecule has 3 nitrogen and oxygen atoms in total. The van der Waals surface area contributed by atoms with Crippen LogP contribution in [0, 0.1) is 0 Å². The van der Waals surface area contributed by atoms with Crippen LogP contribution in [0.15, 0.2) is 48.9 Å². The van der Waals surface area contributed by atoms with Gasteiger partial charge >= 0.3 is 0 Å². The number of rotatable bonds is 2. The molecule has 1 aromatic carbocycles. The molecule has 0 spiro atoms. The zero-order valence-electron chi connectivity index (χ0n) is 8.22. The van der Waals surface area contributed by atoms with Crippen LogP contribution < -0.4 is 0 Å². The highest BCUT2D eigenvalue weighted by atomic mass is 15.3. The van der Waals surface area contributed by atoms with Gasteiger partial charge in [0.1, 0.15) is 0 Å². The van der Waals surface area contributed by atoms with Crippen molar-refractivity contribution in [2.75, 3.05) is 0 Å². The van der Waals surface area contributed by atoms with E-state index in [4.69, 9.17) is 0 Å². The second-order valence-corrected chi connectivity index (χ2v) is 3.56. The van der Waals surface area contributed by atoms with E-state index >= 15 is 0 Å². The number of nitrogens with zero attached hydrogens (tertiary/aromatic N) is 2. The van der Waals surface area contributed by atoms with Gasteiger partial charge in [0.2, 0.25) is 0 Å². The molecule has 74 valence electrons. The Morgan fingerprint density at radius 1 is 1.20 bits per heavy atom.